The van der Waals surface area contributed by atoms with Crippen molar-refractivity contribution in [1.29, 1.82) is 0 Å². The smallest absolute Gasteiger partial charge is 0.218 e. The van der Waals surface area contributed by atoms with Gasteiger partial charge in [0.1, 0.15) is 5.82 Å². The van der Waals surface area contributed by atoms with E-state index in [2.05, 4.69) is 0 Å². The fourth-order valence-corrected chi connectivity index (χ4v) is 4.14. The van der Waals surface area contributed by atoms with Crippen molar-refractivity contribution in [1.82, 2.24) is 4.31 Å². The average Bonchev–Trinajstić information content (AvgIpc) is 2.37. The lowest BCUT2D eigenvalue weighted by Crippen LogP contribution is -2.48. The summed E-state index contributed by atoms with van der Waals surface area (Å²) in [5, 5.41) is -0.0632. The predicted octanol–water partition coefficient (Wildman–Crippen LogP) is 2.40. The summed E-state index contributed by atoms with van der Waals surface area (Å²) in [5.41, 5.74) is 6.38. The second kappa shape index (κ2) is 7.24. The van der Waals surface area contributed by atoms with E-state index in [0.29, 0.717) is 25.1 Å². The minimum absolute atomic E-state index is 0. The van der Waals surface area contributed by atoms with Crippen molar-refractivity contribution < 1.29 is 12.8 Å². The Morgan fingerprint density at radius 3 is 2.71 bits per heavy atom. The number of nitrogens with zero attached hydrogens (tertiary/aromatic N) is 1. The third kappa shape index (κ3) is 4.53. The second-order valence-electron chi connectivity index (χ2n) is 5.29. The van der Waals surface area contributed by atoms with Gasteiger partial charge in [-0.1, -0.05) is 24.6 Å². The standard InChI is InChI=1S/C13H18ClFN2O2S.ClH/c1-9-7-17(5-4-13(9)16)20(18,19)8-10-2-3-12(15)11(14)6-10;/h2-3,6,9,13H,4-5,7-8,16H2,1H3;1H. The first-order chi connectivity index (χ1) is 9.29. The largest absolute Gasteiger partial charge is 0.327 e. The molecule has 2 rings (SSSR count). The number of hydrogen-bond acceptors (Lipinski definition) is 3. The van der Waals surface area contributed by atoms with Crippen LogP contribution >= 0.6 is 24.0 Å². The van der Waals surface area contributed by atoms with E-state index in [1.54, 1.807) is 0 Å². The molecule has 0 saturated carbocycles. The number of benzene rings is 1. The lowest BCUT2D eigenvalue weighted by Gasteiger charge is -2.34. The van der Waals surface area contributed by atoms with Gasteiger partial charge in [-0.25, -0.2) is 17.1 Å². The molecule has 1 aliphatic rings. The minimum atomic E-state index is -3.43. The van der Waals surface area contributed by atoms with Crippen LogP contribution in [0.2, 0.25) is 5.02 Å². The van der Waals surface area contributed by atoms with E-state index in [-0.39, 0.29) is 35.1 Å². The molecule has 1 aliphatic heterocycles. The second-order valence-corrected chi connectivity index (χ2v) is 7.67. The van der Waals surface area contributed by atoms with Gasteiger partial charge in [0.15, 0.2) is 0 Å². The highest BCUT2D eigenvalue weighted by Gasteiger charge is 2.30. The van der Waals surface area contributed by atoms with Crippen molar-refractivity contribution in [2.75, 3.05) is 13.1 Å². The molecule has 2 unspecified atom stereocenters. The first kappa shape index (κ1) is 18.6. The number of piperidine rings is 1. The molecule has 8 heteroatoms. The third-order valence-corrected chi connectivity index (χ3v) is 5.77. The van der Waals surface area contributed by atoms with Crippen LogP contribution in [0.1, 0.15) is 18.9 Å². The highest BCUT2D eigenvalue weighted by atomic mass is 35.5. The van der Waals surface area contributed by atoms with Crippen LogP contribution in [-0.4, -0.2) is 31.9 Å². The quantitative estimate of drug-likeness (QED) is 0.904. The molecule has 0 amide bonds. The first-order valence-electron chi connectivity index (χ1n) is 6.47. The Bertz CT molecular complexity index is 598. The molecule has 1 heterocycles. The van der Waals surface area contributed by atoms with Crippen LogP contribution in [0.4, 0.5) is 4.39 Å². The van der Waals surface area contributed by atoms with Crippen molar-refractivity contribution in [3.8, 4) is 0 Å². The van der Waals surface area contributed by atoms with E-state index in [4.69, 9.17) is 17.3 Å². The Kier molecular flexibility index (Phi) is 6.43. The Morgan fingerprint density at radius 1 is 1.48 bits per heavy atom. The summed E-state index contributed by atoms with van der Waals surface area (Å²) in [4.78, 5) is 0. The molecule has 21 heavy (non-hydrogen) atoms. The normalized spacial score (nSPS) is 23.6. The molecular weight excluding hydrogens is 338 g/mol. The highest BCUT2D eigenvalue weighted by Crippen LogP contribution is 2.22. The van der Waals surface area contributed by atoms with Crippen LogP contribution in [0.15, 0.2) is 18.2 Å². The molecule has 0 radical (unpaired) electrons. The Hall–Kier alpha value is -0.400. The van der Waals surface area contributed by atoms with Gasteiger partial charge in [-0.3, -0.25) is 0 Å². The zero-order valence-corrected chi connectivity index (χ0v) is 14.0. The zero-order chi connectivity index (χ0) is 14.9. The molecule has 0 aromatic heterocycles. The van der Waals surface area contributed by atoms with Crippen molar-refractivity contribution >= 4 is 34.0 Å². The number of sulfonamides is 1. The Labute approximate surface area is 135 Å². The van der Waals surface area contributed by atoms with E-state index in [1.807, 2.05) is 6.92 Å². The molecule has 1 saturated heterocycles. The van der Waals surface area contributed by atoms with Crippen LogP contribution in [0.3, 0.4) is 0 Å². The van der Waals surface area contributed by atoms with Crippen LogP contribution in [-0.2, 0) is 15.8 Å². The Balaban J connectivity index is 0.00000220. The minimum Gasteiger partial charge on any atom is -0.327 e. The van der Waals surface area contributed by atoms with Crippen molar-refractivity contribution in [2.45, 2.75) is 25.1 Å². The molecule has 0 aliphatic carbocycles. The summed E-state index contributed by atoms with van der Waals surface area (Å²) in [6.07, 6.45) is 0.657. The van der Waals surface area contributed by atoms with Crippen molar-refractivity contribution in [2.24, 2.45) is 11.7 Å². The van der Waals surface area contributed by atoms with Crippen LogP contribution < -0.4 is 5.73 Å². The molecule has 0 spiro atoms. The van der Waals surface area contributed by atoms with Gasteiger partial charge in [-0.2, -0.15) is 0 Å². The van der Waals surface area contributed by atoms with E-state index < -0.39 is 15.8 Å². The topological polar surface area (TPSA) is 63.4 Å². The van der Waals surface area contributed by atoms with Gasteiger partial charge in [0.05, 0.1) is 10.8 Å². The molecule has 2 atom stereocenters. The lowest BCUT2D eigenvalue weighted by molar-refractivity contribution is 0.250. The number of rotatable bonds is 3. The summed E-state index contributed by atoms with van der Waals surface area (Å²) in [7, 11) is -3.43. The molecular formula is C13H19Cl2FN2O2S. The predicted molar refractivity (Wildman–Crippen MR) is 84.6 cm³/mol. The number of nitrogens with two attached hydrogens (primary N) is 1. The van der Waals surface area contributed by atoms with Gasteiger partial charge >= 0.3 is 0 Å². The van der Waals surface area contributed by atoms with E-state index >= 15 is 0 Å². The van der Waals surface area contributed by atoms with Gasteiger partial charge in [0.25, 0.3) is 0 Å². The number of halogens is 3. The molecule has 1 aromatic rings. The fourth-order valence-electron chi connectivity index (χ4n) is 2.31. The Morgan fingerprint density at radius 2 is 2.14 bits per heavy atom. The van der Waals surface area contributed by atoms with Gasteiger partial charge in [-0.15, -0.1) is 12.4 Å². The first-order valence-corrected chi connectivity index (χ1v) is 8.45. The lowest BCUT2D eigenvalue weighted by atomic mass is 9.96. The van der Waals surface area contributed by atoms with Crippen LogP contribution in [0.5, 0.6) is 0 Å². The maximum Gasteiger partial charge on any atom is 0.218 e. The van der Waals surface area contributed by atoms with E-state index in [0.717, 1.165) is 0 Å². The van der Waals surface area contributed by atoms with Crippen LogP contribution in [0, 0.1) is 11.7 Å². The average molecular weight is 357 g/mol. The van der Waals surface area contributed by atoms with Crippen molar-refractivity contribution in [3.63, 3.8) is 0 Å². The zero-order valence-electron chi connectivity index (χ0n) is 11.6. The summed E-state index contributed by atoms with van der Waals surface area (Å²) in [5.74, 6) is -0.588. The van der Waals surface area contributed by atoms with Gasteiger partial charge in [-0.05, 0) is 30.0 Å². The molecule has 1 aromatic carbocycles. The van der Waals surface area contributed by atoms with E-state index in [1.165, 1.54) is 22.5 Å². The van der Waals surface area contributed by atoms with Crippen molar-refractivity contribution in [3.05, 3.63) is 34.6 Å². The molecule has 4 nitrogen and oxygen atoms in total. The molecule has 0 bridgehead atoms. The molecule has 1 fully saturated rings. The molecule has 2 N–H and O–H groups in total. The van der Waals surface area contributed by atoms with E-state index in [9.17, 15) is 12.8 Å². The fraction of sp³-hybridized carbons (Fsp3) is 0.538. The van der Waals surface area contributed by atoms with Gasteiger partial charge in [0, 0.05) is 19.1 Å². The summed E-state index contributed by atoms with van der Waals surface area (Å²) < 4.78 is 39.2. The summed E-state index contributed by atoms with van der Waals surface area (Å²) >= 11 is 5.67. The third-order valence-electron chi connectivity index (χ3n) is 3.66. The molecule has 120 valence electrons. The monoisotopic (exact) mass is 356 g/mol. The maximum absolute atomic E-state index is 13.1. The van der Waals surface area contributed by atoms with Gasteiger partial charge in [0.2, 0.25) is 10.0 Å². The van der Waals surface area contributed by atoms with Gasteiger partial charge < -0.3 is 5.73 Å². The SMILES string of the molecule is CC1CN(S(=O)(=O)Cc2ccc(F)c(Cl)c2)CCC1N.Cl. The summed E-state index contributed by atoms with van der Waals surface area (Å²) in [6.45, 7) is 2.81. The maximum atomic E-state index is 13.1. The number of hydrogen-bond donors (Lipinski definition) is 1. The summed E-state index contributed by atoms with van der Waals surface area (Å²) in [6, 6.07) is 4.02. The van der Waals surface area contributed by atoms with Crippen LogP contribution in [0.25, 0.3) is 0 Å². The highest BCUT2D eigenvalue weighted by molar-refractivity contribution is 7.88.